The highest BCUT2D eigenvalue weighted by atomic mass is 79.9. The van der Waals surface area contributed by atoms with Gasteiger partial charge in [-0.25, -0.2) is 9.97 Å². The lowest BCUT2D eigenvalue weighted by Gasteiger charge is -2.07. The Morgan fingerprint density at radius 1 is 1.32 bits per heavy atom. The van der Waals surface area contributed by atoms with Gasteiger partial charge in [0.15, 0.2) is 0 Å². The molecule has 2 aromatic rings. The number of aromatic nitrogens is 2. The number of carbonyl (C=O) groups excluding carboxylic acids is 1. The van der Waals surface area contributed by atoms with Crippen molar-refractivity contribution in [3.8, 4) is 0 Å². The predicted octanol–water partition coefficient (Wildman–Crippen LogP) is 3.19. The molecule has 1 heterocycles. The minimum atomic E-state index is -0.366. The van der Waals surface area contributed by atoms with Gasteiger partial charge in [0.1, 0.15) is 11.5 Å². The molecule has 0 spiro atoms. The summed E-state index contributed by atoms with van der Waals surface area (Å²) in [7, 11) is 1.73. The van der Waals surface area contributed by atoms with Gasteiger partial charge in [-0.1, -0.05) is 27.5 Å². The Labute approximate surface area is 123 Å². The molecule has 0 atom stereocenters. The molecule has 0 aliphatic heterocycles. The number of benzene rings is 1. The lowest BCUT2D eigenvalue weighted by atomic mass is 10.3. The van der Waals surface area contributed by atoms with E-state index >= 15 is 0 Å². The van der Waals surface area contributed by atoms with Crippen molar-refractivity contribution in [1.29, 1.82) is 0 Å². The maximum atomic E-state index is 12.0. The number of halogens is 2. The van der Waals surface area contributed by atoms with Crippen molar-refractivity contribution in [3.63, 3.8) is 0 Å². The summed E-state index contributed by atoms with van der Waals surface area (Å²) in [6.07, 6.45) is 2.88. The highest BCUT2D eigenvalue weighted by Crippen LogP contribution is 2.25. The van der Waals surface area contributed by atoms with Gasteiger partial charge in [-0.2, -0.15) is 0 Å². The monoisotopic (exact) mass is 340 g/mol. The number of nitrogens with zero attached hydrogens (tertiary/aromatic N) is 2. The summed E-state index contributed by atoms with van der Waals surface area (Å²) < 4.78 is 0.823. The summed E-state index contributed by atoms with van der Waals surface area (Å²) in [5.74, 6) is 0.229. The number of nitrogens with one attached hydrogen (secondary N) is 2. The average Bonchev–Trinajstić information content (AvgIpc) is 2.43. The van der Waals surface area contributed by atoms with Gasteiger partial charge < -0.3 is 10.6 Å². The summed E-state index contributed by atoms with van der Waals surface area (Å²) in [5.41, 5.74) is 0.732. The molecule has 1 aromatic heterocycles. The van der Waals surface area contributed by atoms with E-state index in [0.29, 0.717) is 16.5 Å². The predicted molar refractivity (Wildman–Crippen MR) is 78.7 cm³/mol. The molecule has 2 N–H and O–H groups in total. The second-order valence-electron chi connectivity index (χ2n) is 3.62. The van der Waals surface area contributed by atoms with Crippen molar-refractivity contribution in [2.45, 2.75) is 0 Å². The van der Waals surface area contributed by atoms with Gasteiger partial charge in [-0.05, 0) is 18.2 Å². The van der Waals surface area contributed by atoms with Crippen LogP contribution in [0.15, 0.2) is 35.1 Å². The van der Waals surface area contributed by atoms with Crippen LogP contribution in [-0.4, -0.2) is 22.9 Å². The van der Waals surface area contributed by atoms with E-state index in [1.165, 1.54) is 12.4 Å². The first-order valence-electron chi connectivity index (χ1n) is 5.36. The van der Waals surface area contributed by atoms with Crippen LogP contribution < -0.4 is 10.6 Å². The lowest BCUT2D eigenvalue weighted by Crippen LogP contribution is -2.14. The highest BCUT2D eigenvalue weighted by molar-refractivity contribution is 9.10. The van der Waals surface area contributed by atoms with Crippen LogP contribution in [0.5, 0.6) is 0 Å². The zero-order valence-electron chi connectivity index (χ0n) is 9.95. The summed E-state index contributed by atoms with van der Waals surface area (Å²) in [6, 6.07) is 5.20. The fraction of sp³-hybridized carbons (Fsp3) is 0.0833. The molecule has 0 bridgehead atoms. The topological polar surface area (TPSA) is 66.9 Å². The molecular weight excluding hydrogens is 332 g/mol. The number of hydrogen-bond acceptors (Lipinski definition) is 4. The van der Waals surface area contributed by atoms with E-state index in [0.717, 1.165) is 4.47 Å². The fourth-order valence-electron chi connectivity index (χ4n) is 1.35. The minimum Gasteiger partial charge on any atom is -0.372 e. The molecule has 0 saturated heterocycles. The Bertz CT molecular complexity index is 603. The van der Waals surface area contributed by atoms with Crippen molar-refractivity contribution in [2.75, 3.05) is 17.7 Å². The lowest BCUT2D eigenvalue weighted by molar-refractivity contribution is 0.102. The first-order chi connectivity index (χ1) is 9.10. The van der Waals surface area contributed by atoms with Crippen LogP contribution in [0.4, 0.5) is 11.5 Å². The molecule has 1 aromatic carbocycles. The number of amides is 1. The van der Waals surface area contributed by atoms with Gasteiger partial charge in [0.25, 0.3) is 5.91 Å². The van der Waals surface area contributed by atoms with E-state index in [4.69, 9.17) is 11.6 Å². The molecule has 19 heavy (non-hydrogen) atoms. The molecule has 0 radical (unpaired) electrons. The summed E-state index contributed by atoms with van der Waals surface area (Å²) >= 11 is 9.31. The number of rotatable bonds is 3. The van der Waals surface area contributed by atoms with E-state index in [2.05, 4.69) is 36.5 Å². The maximum absolute atomic E-state index is 12.0. The molecule has 98 valence electrons. The van der Waals surface area contributed by atoms with Crippen molar-refractivity contribution < 1.29 is 4.79 Å². The average molecular weight is 342 g/mol. The third-order valence-corrected chi connectivity index (χ3v) is 3.14. The molecular formula is C12H10BrClN4O. The molecule has 0 aliphatic carbocycles. The van der Waals surface area contributed by atoms with E-state index in [1.807, 2.05) is 0 Å². The Morgan fingerprint density at radius 2 is 2.11 bits per heavy atom. The molecule has 1 amide bonds. The largest absolute Gasteiger partial charge is 0.372 e. The third-order valence-electron chi connectivity index (χ3n) is 2.32. The van der Waals surface area contributed by atoms with E-state index < -0.39 is 0 Å². The van der Waals surface area contributed by atoms with Crippen molar-refractivity contribution in [2.24, 2.45) is 0 Å². The van der Waals surface area contributed by atoms with Crippen LogP contribution in [0.25, 0.3) is 0 Å². The number of hydrogen-bond donors (Lipinski definition) is 2. The van der Waals surface area contributed by atoms with Gasteiger partial charge in [0.05, 0.1) is 23.1 Å². The van der Waals surface area contributed by atoms with Crippen LogP contribution in [0.1, 0.15) is 10.5 Å². The van der Waals surface area contributed by atoms with E-state index in [-0.39, 0.29) is 11.6 Å². The first-order valence-corrected chi connectivity index (χ1v) is 6.53. The molecule has 0 unspecified atom stereocenters. The first kappa shape index (κ1) is 13.8. The van der Waals surface area contributed by atoms with Crippen LogP contribution >= 0.6 is 27.5 Å². The van der Waals surface area contributed by atoms with Gasteiger partial charge in [0.2, 0.25) is 0 Å². The molecule has 5 nitrogen and oxygen atoms in total. The quantitative estimate of drug-likeness (QED) is 0.900. The Kier molecular flexibility index (Phi) is 4.34. The number of carbonyl (C=O) groups is 1. The molecule has 7 heteroatoms. The Hall–Kier alpha value is -1.66. The summed E-state index contributed by atoms with van der Waals surface area (Å²) in [6.45, 7) is 0. The molecule has 0 fully saturated rings. The molecule has 0 saturated carbocycles. The van der Waals surface area contributed by atoms with Crippen molar-refractivity contribution in [3.05, 3.63) is 45.8 Å². The van der Waals surface area contributed by atoms with Crippen LogP contribution in [-0.2, 0) is 0 Å². The van der Waals surface area contributed by atoms with Crippen molar-refractivity contribution >= 4 is 44.9 Å². The zero-order chi connectivity index (χ0) is 13.8. The van der Waals surface area contributed by atoms with Gasteiger partial charge in [-0.3, -0.25) is 4.79 Å². The summed E-state index contributed by atoms with van der Waals surface area (Å²) in [5, 5.41) is 5.96. The second kappa shape index (κ2) is 5.99. The second-order valence-corrected chi connectivity index (χ2v) is 4.94. The van der Waals surface area contributed by atoms with E-state index in [9.17, 15) is 4.79 Å². The van der Waals surface area contributed by atoms with Crippen LogP contribution in [0.2, 0.25) is 5.02 Å². The van der Waals surface area contributed by atoms with E-state index in [1.54, 1.807) is 25.2 Å². The van der Waals surface area contributed by atoms with Crippen molar-refractivity contribution in [1.82, 2.24) is 9.97 Å². The zero-order valence-corrected chi connectivity index (χ0v) is 12.3. The summed E-state index contributed by atoms with van der Waals surface area (Å²) in [4.78, 5) is 20.0. The normalized spacial score (nSPS) is 10.1. The molecule has 0 aliphatic rings. The van der Waals surface area contributed by atoms with Gasteiger partial charge in [-0.15, -0.1) is 0 Å². The molecule has 2 rings (SSSR count). The van der Waals surface area contributed by atoms with Crippen LogP contribution in [0.3, 0.4) is 0 Å². The van der Waals surface area contributed by atoms with Crippen LogP contribution in [0, 0.1) is 0 Å². The highest BCUT2D eigenvalue weighted by Gasteiger charge is 2.10. The smallest absolute Gasteiger partial charge is 0.275 e. The SMILES string of the molecule is CNc1cnc(C(=O)Nc2cc(Br)ccc2Cl)cn1. The Morgan fingerprint density at radius 3 is 2.74 bits per heavy atom. The third kappa shape index (κ3) is 3.42. The van der Waals surface area contributed by atoms with Gasteiger partial charge >= 0.3 is 0 Å². The standard InChI is InChI=1S/C12H10BrClN4O/c1-15-11-6-16-10(5-17-11)12(19)18-9-4-7(13)2-3-8(9)14/h2-6H,1H3,(H,15,17)(H,18,19). The van der Waals surface area contributed by atoms with Gasteiger partial charge in [0, 0.05) is 11.5 Å². The Balaban J connectivity index is 2.18. The fourth-order valence-corrected chi connectivity index (χ4v) is 1.88. The minimum absolute atomic E-state index is 0.218. The number of anilines is 2. The maximum Gasteiger partial charge on any atom is 0.275 e.